The number of ether oxygens (including phenoxy) is 2. The first-order chi connectivity index (χ1) is 15.7. The Balaban J connectivity index is 1.52. The van der Waals surface area contributed by atoms with E-state index in [1.807, 2.05) is 60.8 Å². The highest BCUT2D eigenvalue weighted by Gasteiger charge is 2.09. The van der Waals surface area contributed by atoms with E-state index in [1.165, 1.54) is 0 Å². The quantitative estimate of drug-likeness (QED) is 0.329. The molecule has 3 aromatic carbocycles. The van der Waals surface area contributed by atoms with Gasteiger partial charge in [0.05, 0.1) is 38.6 Å². The Morgan fingerprint density at radius 1 is 1.00 bits per heavy atom. The molecule has 0 aliphatic carbocycles. The maximum absolute atomic E-state index is 9.41. The Labute approximate surface area is 187 Å². The summed E-state index contributed by atoms with van der Waals surface area (Å²) in [6.45, 7) is 1.18. The molecule has 4 aromatic rings. The van der Waals surface area contributed by atoms with Crippen LogP contribution in [0.25, 0.3) is 10.9 Å². The number of hydrazone groups is 1. The lowest BCUT2D eigenvalue weighted by Crippen LogP contribution is -2.06. The molecule has 0 atom stereocenters. The maximum Gasteiger partial charge on any atom is 0.161 e. The maximum atomic E-state index is 9.41. The van der Waals surface area contributed by atoms with E-state index in [4.69, 9.17) is 9.47 Å². The van der Waals surface area contributed by atoms with Gasteiger partial charge in [0, 0.05) is 29.2 Å². The van der Waals surface area contributed by atoms with Crippen molar-refractivity contribution in [1.29, 1.82) is 5.26 Å². The van der Waals surface area contributed by atoms with Crippen LogP contribution >= 0.6 is 0 Å². The summed E-state index contributed by atoms with van der Waals surface area (Å²) in [6.07, 6.45) is 3.90. The number of nitriles is 1. The van der Waals surface area contributed by atoms with Crippen LogP contribution < -0.4 is 14.9 Å². The van der Waals surface area contributed by atoms with Crippen LogP contribution in [0, 0.1) is 11.3 Å². The van der Waals surface area contributed by atoms with Gasteiger partial charge in [0.25, 0.3) is 0 Å². The normalized spacial score (nSPS) is 10.9. The molecule has 0 radical (unpaired) electrons. The molecule has 0 unspecified atom stereocenters. The van der Waals surface area contributed by atoms with Crippen molar-refractivity contribution < 1.29 is 9.47 Å². The summed E-state index contributed by atoms with van der Waals surface area (Å²) in [5.74, 6) is 1.39. The van der Waals surface area contributed by atoms with Crippen molar-refractivity contribution in [3.05, 3.63) is 95.2 Å². The van der Waals surface area contributed by atoms with Crippen molar-refractivity contribution in [1.82, 2.24) is 9.99 Å². The van der Waals surface area contributed by atoms with Crippen LogP contribution in [0.1, 0.15) is 22.3 Å². The second-order valence-electron chi connectivity index (χ2n) is 7.28. The van der Waals surface area contributed by atoms with Crippen molar-refractivity contribution in [2.24, 2.45) is 5.10 Å². The lowest BCUT2D eigenvalue weighted by molar-refractivity contribution is 0.354. The summed E-state index contributed by atoms with van der Waals surface area (Å²) >= 11 is 0. The van der Waals surface area contributed by atoms with E-state index in [-0.39, 0.29) is 0 Å². The summed E-state index contributed by atoms with van der Waals surface area (Å²) in [5.41, 5.74) is 7.93. The van der Waals surface area contributed by atoms with E-state index in [9.17, 15) is 5.26 Å². The van der Waals surface area contributed by atoms with E-state index >= 15 is 0 Å². The fraction of sp³-hybridized carbons (Fsp3) is 0.154. The Morgan fingerprint density at radius 3 is 2.59 bits per heavy atom. The highest BCUT2D eigenvalue weighted by molar-refractivity contribution is 5.99. The van der Waals surface area contributed by atoms with Crippen LogP contribution in [0.15, 0.2) is 78.0 Å². The van der Waals surface area contributed by atoms with Crippen LogP contribution in [0.3, 0.4) is 0 Å². The van der Waals surface area contributed by atoms with Gasteiger partial charge in [0.1, 0.15) is 0 Å². The third-order valence-corrected chi connectivity index (χ3v) is 5.32. The highest BCUT2D eigenvalue weighted by atomic mass is 16.5. The number of hydrogen-bond donors (Lipinski definition) is 1. The van der Waals surface area contributed by atoms with Gasteiger partial charge in [-0.1, -0.05) is 42.5 Å². The summed E-state index contributed by atoms with van der Waals surface area (Å²) < 4.78 is 12.8. The predicted octanol–water partition coefficient (Wildman–Crippen LogP) is 4.70. The molecular formula is C26H24N4O2. The van der Waals surface area contributed by atoms with Gasteiger partial charge in [-0.05, 0) is 35.4 Å². The van der Waals surface area contributed by atoms with Gasteiger partial charge in [0.2, 0.25) is 0 Å². The molecule has 160 valence electrons. The molecule has 4 rings (SSSR count). The third kappa shape index (κ3) is 4.42. The predicted molar refractivity (Wildman–Crippen MR) is 126 cm³/mol. The SMILES string of the molecule is COc1ccc(CN/N=C\c2cn(Cc3ccccc3C#N)c3ccccc23)cc1OC. The second-order valence-corrected chi connectivity index (χ2v) is 7.28. The number of nitrogens with zero attached hydrogens (tertiary/aromatic N) is 3. The zero-order valence-corrected chi connectivity index (χ0v) is 18.1. The van der Waals surface area contributed by atoms with Gasteiger partial charge < -0.3 is 19.5 Å². The summed E-state index contributed by atoms with van der Waals surface area (Å²) in [7, 11) is 3.24. The Morgan fingerprint density at radius 2 is 1.78 bits per heavy atom. The minimum Gasteiger partial charge on any atom is -0.493 e. The first-order valence-electron chi connectivity index (χ1n) is 10.3. The Kier molecular flexibility index (Phi) is 6.38. The topological polar surface area (TPSA) is 71.6 Å². The number of benzene rings is 3. The molecule has 1 heterocycles. The molecule has 32 heavy (non-hydrogen) atoms. The van der Waals surface area contributed by atoms with E-state index in [0.717, 1.165) is 27.6 Å². The summed E-state index contributed by atoms with van der Waals surface area (Å²) in [4.78, 5) is 0. The van der Waals surface area contributed by atoms with Crippen molar-refractivity contribution >= 4 is 17.1 Å². The minimum absolute atomic E-state index is 0.561. The lowest BCUT2D eigenvalue weighted by atomic mass is 10.1. The molecule has 0 aliphatic rings. The molecule has 0 saturated heterocycles. The van der Waals surface area contributed by atoms with Gasteiger partial charge in [0.15, 0.2) is 11.5 Å². The van der Waals surface area contributed by atoms with Crippen LogP contribution in [-0.4, -0.2) is 25.0 Å². The van der Waals surface area contributed by atoms with Gasteiger partial charge in [-0.15, -0.1) is 0 Å². The first kappa shape index (κ1) is 21.0. The number of methoxy groups -OCH3 is 2. The van der Waals surface area contributed by atoms with Crippen LogP contribution in [-0.2, 0) is 13.1 Å². The third-order valence-electron chi connectivity index (χ3n) is 5.32. The number of rotatable bonds is 8. The fourth-order valence-corrected chi connectivity index (χ4v) is 3.70. The van der Waals surface area contributed by atoms with E-state index in [2.05, 4.69) is 39.5 Å². The molecule has 0 aliphatic heterocycles. The first-order valence-corrected chi connectivity index (χ1v) is 10.3. The molecule has 0 amide bonds. The molecule has 1 N–H and O–H groups in total. The van der Waals surface area contributed by atoms with Crippen molar-refractivity contribution in [2.45, 2.75) is 13.1 Å². The number of fused-ring (bicyclic) bond motifs is 1. The monoisotopic (exact) mass is 424 g/mol. The molecule has 0 fully saturated rings. The standard InChI is InChI=1S/C26H24N4O2/c1-31-25-12-11-19(13-26(25)32-2)15-28-29-16-22-18-30(24-10-6-5-9-23(22)24)17-21-8-4-3-7-20(21)14-27/h3-13,16,18,28H,15,17H2,1-2H3/b29-16-. The van der Waals surface area contributed by atoms with Gasteiger partial charge in [-0.2, -0.15) is 10.4 Å². The smallest absolute Gasteiger partial charge is 0.161 e. The molecule has 6 heteroatoms. The number of nitrogens with one attached hydrogen (secondary N) is 1. The van der Waals surface area contributed by atoms with Crippen LogP contribution in [0.5, 0.6) is 11.5 Å². The van der Waals surface area contributed by atoms with E-state index < -0.39 is 0 Å². The van der Waals surface area contributed by atoms with Crippen LogP contribution in [0.4, 0.5) is 0 Å². The molecule has 0 spiro atoms. The van der Waals surface area contributed by atoms with E-state index in [0.29, 0.717) is 30.2 Å². The molecule has 1 aromatic heterocycles. The van der Waals surface area contributed by atoms with Gasteiger partial charge in [-0.25, -0.2) is 0 Å². The average molecular weight is 425 g/mol. The van der Waals surface area contributed by atoms with Crippen molar-refractivity contribution in [3.63, 3.8) is 0 Å². The molecule has 0 bridgehead atoms. The second kappa shape index (κ2) is 9.71. The van der Waals surface area contributed by atoms with Crippen molar-refractivity contribution in [3.8, 4) is 17.6 Å². The Bertz CT molecular complexity index is 1300. The van der Waals surface area contributed by atoms with E-state index in [1.54, 1.807) is 14.2 Å². The summed E-state index contributed by atoms with van der Waals surface area (Å²) in [5, 5.41) is 14.9. The largest absolute Gasteiger partial charge is 0.493 e. The van der Waals surface area contributed by atoms with Gasteiger partial charge >= 0.3 is 0 Å². The van der Waals surface area contributed by atoms with Crippen molar-refractivity contribution in [2.75, 3.05) is 14.2 Å². The highest BCUT2D eigenvalue weighted by Crippen LogP contribution is 2.27. The zero-order chi connectivity index (χ0) is 22.3. The lowest BCUT2D eigenvalue weighted by Gasteiger charge is -2.09. The number of hydrogen-bond acceptors (Lipinski definition) is 5. The number of aromatic nitrogens is 1. The average Bonchev–Trinajstić information content (AvgIpc) is 3.19. The molecular weight excluding hydrogens is 400 g/mol. The fourth-order valence-electron chi connectivity index (χ4n) is 3.70. The van der Waals surface area contributed by atoms with Crippen LogP contribution in [0.2, 0.25) is 0 Å². The minimum atomic E-state index is 0.561. The van der Waals surface area contributed by atoms with Gasteiger partial charge in [-0.3, -0.25) is 0 Å². The molecule has 0 saturated carbocycles. The zero-order valence-electron chi connectivity index (χ0n) is 18.1. The number of para-hydroxylation sites is 1. The molecule has 6 nitrogen and oxygen atoms in total. The summed E-state index contributed by atoms with van der Waals surface area (Å²) in [6, 6.07) is 24.0. The Hall–Kier alpha value is -4.24.